The summed E-state index contributed by atoms with van der Waals surface area (Å²) in [6.45, 7) is 5.31. The summed E-state index contributed by atoms with van der Waals surface area (Å²) in [7, 11) is 1.31. The Balaban J connectivity index is 2.32. The van der Waals surface area contributed by atoms with Crippen LogP contribution in [0, 0.1) is 0 Å². The van der Waals surface area contributed by atoms with Gasteiger partial charge in [0, 0.05) is 27.7 Å². The van der Waals surface area contributed by atoms with E-state index in [1.54, 1.807) is 32.9 Å². The number of hydrogen-bond donors (Lipinski definition) is 2. The number of carbonyl (C=O) groups is 2. The summed E-state index contributed by atoms with van der Waals surface area (Å²) in [4.78, 5) is 24.0. The van der Waals surface area contributed by atoms with Crippen molar-refractivity contribution in [2.24, 2.45) is 0 Å². The van der Waals surface area contributed by atoms with Crippen LogP contribution in [0.4, 0.5) is 10.5 Å². The van der Waals surface area contributed by atoms with Crippen LogP contribution in [0.3, 0.4) is 0 Å². The van der Waals surface area contributed by atoms with E-state index in [0.717, 1.165) is 0 Å². The van der Waals surface area contributed by atoms with Crippen molar-refractivity contribution in [1.29, 1.82) is 0 Å². The summed E-state index contributed by atoms with van der Waals surface area (Å²) in [5.74, 6) is -0.437. The van der Waals surface area contributed by atoms with Crippen molar-refractivity contribution < 1.29 is 19.1 Å². The van der Waals surface area contributed by atoms with Crippen molar-refractivity contribution in [3.05, 3.63) is 27.7 Å². The topological polar surface area (TPSA) is 76.7 Å². The van der Waals surface area contributed by atoms with Crippen molar-refractivity contribution >= 4 is 41.0 Å². The van der Waals surface area contributed by atoms with Gasteiger partial charge in [-0.15, -0.1) is 0 Å². The number of methoxy groups -OCH3 is 1. The zero-order valence-corrected chi connectivity index (χ0v) is 15.4. The van der Waals surface area contributed by atoms with Crippen LogP contribution in [0.1, 0.15) is 38.8 Å². The molecule has 1 aromatic carbocycles. The molecule has 6 nitrogen and oxygen atoms in total. The number of halogens is 2. The second kappa shape index (κ2) is 7.07. The molecule has 0 saturated heterocycles. The van der Waals surface area contributed by atoms with Gasteiger partial charge in [0.15, 0.2) is 0 Å². The molecule has 1 heterocycles. The van der Waals surface area contributed by atoms with E-state index in [9.17, 15) is 9.59 Å². The number of alkyl carbamates (subject to hydrolysis) is 1. The molecule has 2 N–H and O–H groups in total. The molecule has 0 aliphatic carbocycles. The molecule has 1 aliphatic rings. The van der Waals surface area contributed by atoms with Gasteiger partial charge in [-0.05, 0) is 32.9 Å². The summed E-state index contributed by atoms with van der Waals surface area (Å²) in [6.07, 6.45) is -0.310. The van der Waals surface area contributed by atoms with Crippen LogP contribution in [-0.4, -0.2) is 30.8 Å². The van der Waals surface area contributed by atoms with Gasteiger partial charge in [-0.1, -0.05) is 23.2 Å². The molecule has 2 atom stereocenters. The maximum absolute atomic E-state index is 12.1. The first-order valence-corrected chi connectivity index (χ1v) is 8.19. The van der Waals surface area contributed by atoms with Crippen molar-refractivity contribution in [1.82, 2.24) is 5.32 Å². The predicted molar refractivity (Wildman–Crippen MR) is 92.6 cm³/mol. The quantitative estimate of drug-likeness (QED) is 0.767. The molecule has 1 aromatic rings. The number of carbonyl (C=O) groups excluding carboxylic acids is 2. The summed E-state index contributed by atoms with van der Waals surface area (Å²) in [5, 5.41) is 6.63. The van der Waals surface area contributed by atoms with Crippen LogP contribution in [0.25, 0.3) is 0 Å². The number of esters is 1. The molecule has 0 unspecified atom stereocenters. The molecular formula is C16H20Cl2N2O4. The van der Waals surface area contributed by atoms with Gasteiger partial charge in [-0.3, -0.25) is 0 Å². The second-order valence-corrected chi connectivity index (χ2v) is 7.35. The molecule has 0 radical (unpaired) electrons. The highest BCUT2D eigenvalue weighted by molar-refractivity contribution is 6.35. The first kappa shape index (κ1) is 18.7. The van der Waals surface area contributed by atoms with E-state index >= 15 is 0 Å². The minimum absolute atomic E-state index is 0.278. The van der Waals surface area contributed by atoms with Gasteiger partial charge in [-0.2, -0.15) is 0 Å². The fourth-order valence-corrected chi connectivity index (χ4v) is 3.16. The van der Waals surface area contributed by atoms with E-state index < -0.39 is 29.7 Å². The fraction of sp³-hybridized carbons (Fsp3) is 0.500. The van der Waals surface area contributed by atoms with E-state index in [2.05, 4.69) is 10.6 Å². The van der Waals surface area contributed by atoms with Gasteiger partial charge in [0.05, 0.1) is 13.2 Å². The van der Waals surface area contributed by atoms with Crippen molar-refractivity contribution in [3.63, 3.8) is 0 Å². The van der Waals surface area contributed by atoms with Crippen LogP contribution in [0.5, 0.6) is 0 Å². The molecule has 0 aromatic heterocycles. The first-order valence-electron chi connectivity index (χ1n) is 7.43. The SMILES string of the molecule is COC(=O)[C@H]1C[C@H](NC(=O)OC(C)(C)C)c2c(Cl)cc(Cl)cc2N1. The van der Waals surface area contributed by atoms with Crippen LogP contribution in [0.2, 0.25) is 10.0 Å². The highest BCUT2D eigenvalue weighted by Crippen LogP contribution is 2.40. The Kier molecular flexibility index (Phi) is 5.50. The largest absolute Gasteiger partial charge is 0.467 e. The van der Waals surface area contributed by atoms with E-state index in [-0.39, 0.29) is 6.42 Å². The molecule has 0 bridgehead atoms. The third-order valence-corrected chi connectivity index (χ3v) is 3.95. The summed E-state index contributed by atoms with van der Waals surface area (Å²) in [5.41, 5.74) is 0.605. The van der Waals surface area contributed by atoms with Crippen LogP contribution in [0.15, 0.2) is 12.1 Å². The maximum atomic E-state index is 12.1. The molecular weight excluding hydrogens is 355 g/mol. The Morgan fingerprint density at radius 2 is 1.96 bits per heavy atom. The normalized spacial score (nSPS) is 19.8. The summed E-state index contributed by atoms with van der Waals surface area (Å²) < 4.78 is 10.1. The van der Waals surface area contributed by atoms with E-state index in [4.69, 9.17) is 32.7 Å². The maximum Gasteiger partial charge on any atom is 0.408 e. The molecule has 0 saturated carbocycles. The first-order chi connectivity index (χ1) is 11.1. The minimum atomic E-state index is -0.634. The average molecular weight is 375 g/mol. The average Bonchev–Trinajstić information content (AvgIpc) is 2.42. The Hall–Kier alpha value is -1.66. The predicted octanol–water partition coefficient (Wildman–Crippen LogP) is 3.92. The third-order valence-electron chi connectivity index (χ3n) is 3.42. The van der Waals surface area contributed by atoms with Crippen molar-refractivity contribution in [2.45, 2.75) is 44.9 Å². The lowest BCUT2D eigenvalue weighted by atomic mass is 9.93. The molecule has 24 heavy (non-hydrogen) atoms. The molecule has 0 fully saturated rings. The number of hydrogen-bond acceptors (Lipinski definition) is 5. The van der Waals surface area contributed by atoms with Crippen LogP contribution < -0.4 is 10.6 Å². The van der Waals surface area contributed by atoms with E-state index in [1.807, 2.05) is 0 Å². The number of ether oxygens (including phenoxy) is 2. The Labute approximate surface area is 150 Å². The second-order valence-electron chi connectivity index (χ2n) is 6.50. The third kappa shape index (κ3) is 4.45. The molecule has 132 valence electrons. The molecule has 0 spiro atoms. The summed E-state index contributed by atoms with van der Waals surface area (Å²) in [6, 6.07) is 2.11. The van der Waals surface area contributed by atoms with Gasteiger partial charge < -0.3 is 20.1 Å². The fourth-order valence-electron chi connectivity index (χ4n) is 2.54. The lowest BCUT2D eigenvalue weighted by Gasteiger charge is -2.33. The Bertz CT molecular complexity index is 658. The lowest BCUT2D eigenvalue weighted by molar-refractivity contribution is -0.141. The number of amides is 1. The Morgan fingerprint density at radius 1 is 1.29 bits per heavy atom. The van der Waals surface area contributed by atoms with Crippen molar-refractivity contribution in [2.75, 3.05) is 12.4 Å². The standard InChI is InChI=1S/C16H20Cl2N2O4/c1-16(2,3)24-15(22)20-11-7-12(14(21)23-4)19-10-6-8(17)5-9(18)13(10)11/h5-6,11-12,19H,7H2,1-4H3,(H,20,22)/t11-,12+/m0/s1. The zero-order chi connectivity index (χ0) is 18.1. The minimum Gasteiger partial charge on any atom is -0.467 e. The number of anilines is 1. The molecule has 2 rings (SSSR count). The lowest BCUT2D eigenvalue weighted by Crippen LogP contribution is -2.43. The van der Waals surface area contributed by atoms with E-state index in [0.29, 0.717) is 21.3 Å². The Morgan fingerprint density at radius 3 is 2.54 bits per heavy atom. The van der Waals surface area contributed by atoms with Gasteiger partial charge in [0.25, 0.3) is 0 Å². The van der Waals surface area contributed by atoms with Gasteiger partial charge in [-0.25, -0.2) is 9.59 Å². The highest BCUT2D eigenvalue weighted by Gasteiger charge is 2.35. The zero-order valence-electron chi connectivity index (χ0n) is 13.9. The highest BCUT2D eigenvalue weighted by atomic mass is 35.5. The summed E-state index contributed by atoms with van der Waals surface area (Å²) >= 11 is 12.3. The van der Waals surface area contributed by atoms with Crippen LogP contribution >= 0.6 is 23.2 Å². The van der Waals surface area contributed by atoms with Crippen LogP contribution in [-0.2, 0) is 14.3 Å². The number of rotatable bonds is 2. The number of fused-ring (bicyclic) bond motifs is 1. The van der Waals surface area contributed by atoms with Gasteiger partial charge in [0.2, 0.25) is 0 Å². The molecule has 1 amide bonds. The van der Waals surface area contributed by atoms with Gasteiger partial charge in [0.1, 0.15) is 11.6 Å². The van der Waals surface area contributed by atoms with Gasteiger partial charge >= 0.3 is 12.1 Å². The molecule has 8 heteroatoms. The van der Waals surface area contributed by atoms with E-state index in [1.165, 1.54) is 7.11 Å². The number of benzene rings is 1. The molecule has 1 aliphatic heterocycles. The smallest absolute Gasteiger partial charge is 0.408 e. The number of nitrogens with one attached hydrogen (secondary N) is 2. The monoisotopic (exact) mass is 374 g/mol. The van der Waals surface area contributed by atoms with Crippen molar-refractivity contribution in [3.8, 4) is 0 Å².